The Morgan fingerprint density at radius 2 is 2.00 bits per heavy atom. The molecular formula is C15H15N3O4S. The number of ether oxygens (including phenoxy) is 1. The van der Waals surface area contributed by atoms with Crippen molar-refractivity contribution >= 4 is 29.3 Å². The van der Waals surface area contributed by atoms with Crippen LogP contribution in [0, 0.1) is 6.92 Å². The van der Waals surface area contributed by atoms with E-state index in [2.05, 4.69) is 20.0 Å². The Kier molecular flexibility index (Phi) is 5.53. The van der Waals surface area contributed by atoms with E-state index in [-0.39, 0.29) is 22.2 Å². The third kappa shape index (κ3) is 4.43. The molecule has 1 aromatic carbocycles. The van der Waals surface area contributed by atoms with Gasteiger partial charge in [0.2, 0.25) is 5.91 Å². The van der Waals surface area contributed by atoms with Crippen LogP contribution in [0.25, 0.3) is 0 Å². The Morgan fingerprint density at radius 1 is 1.30 bits per heavy atom. The van der Waals surface area contributed by atoms with Gasteiger partial charge in [0, 0.05) is 11.4 Å². The molecule has 0 radical (unpaired) electrons. The summed E-state index contributed by atoms with van der Waals surface area (Å²) in [4.78, 5) is 41.4. The van der Waals surface area contributed by atoms with Crippen molar-refractivity contribution in [2.75, 3.05) is 18.2 Å². The molecule has 8 heteroatoms. The normalized spacial score (nSPS) is 10.2. The molecule has 2 N–H and O–H groups in total. The molecular weight excluding hydrogens is 318 g/mol. The maximum atomic E-state index is 11.9. The smallest absolute Gasteiger partial charge is 0.346 e. The number of nitrogens with zero attached hydrogens (tertiary/aromatic N) is 1. The van der Waals surface area contributed by atoms with Crippen LogP contribution in [-0.2, 0) is 9.53 Å². The first-order valence-corrected chi connectivity index (χ1v) is 7.66. The number of carbonyl (C=O) groups excluding carboxylic acids is 2. The summed E-state index contributed by atoms with van der Waals surface area (Å²) in [5.74, 6) is -0.872. The van der Waals surface area contributed by atoms with E-state index in [4.69, 9.17) is 0 Å². The van der Waals surface area contributed by atoms with Gasteiger partial charge in [-0.1, -0.05) is 30.0 Å². The average Bonchev–Trinajstić information content (AvgIpc) is 2.52. The summed E-state index contributed by atoms with van der Waals surface area (Å²) in [6.45, 7) is 1.57. The first kappa shape index (κ1) is 16.8. The van der Waals surface area contributed by atoms with Crippen molar-refractivity contribution in [3.63, 3.8) is 0 Å². The molecule has 1 heterocycles. The van der Waals surface area contributed by atoms with Crippen LogP contribution in [0.4, 0.5) is 5.69 Å². The summed E-state index contributed by atoms with van der Waals surface area (Å²) >= 11 is 1.00. The molecule has 0 aliphatic rings. The van der Waals surface area contributed by atoms with Crippen LogP contribution in [0.1, 0.15) is 16.1 Å². The van der Waals surface area contributed by atoms with E-state index < -0.39 is 11.7 Å². The summed E-state index contributed by atoms with van der Waals surface area (Å²) in [6.07, 6.45) is 0. The van der Waals surface area contributed by atoms with Gasteiger partial charge in [-0.3, -0.25) is 4.79 Å². The van der Waals surface area contributed by atoms with Gasteiger partial charge in [-0.15, -0.1) is 0 Å². The van der Waals surface area contributed by atoms with Gasteiger partial charge in [0.05, 0.1) is 12.9 Å². The fraction of sp³-hybridized carbons (Fsp3) is 0.200. The zero-order valence-electron chi connectivity index (χ0n) is 12.6. The highest BCUT2D eigenvalue weighted by molar-refractivity contribution is 8.00. The quantitative estimate of drug-likeness (QED) is 0.489. The SMILES string of the molecule is COC(=O)c1c(SCC(=O)Nc2ccccc2)nc(=O)[nH]c1C. The molecule has 0 saturated carbocycles. The number of esters is 1. The number of carbonyl (C=O) groups is 2. The van der Waals surface area contributed by atoms with Crippen molar-refractivity contribution < 1.29 is 14.3 Å². The zero-order chi connectivity index (χ0) is 16.8. The summed E-state index contributed by atoms with van der Waals surface area (Å²) in [5, 5.41) is 2.88. The first-order valence-electron chi connectivity index (χ1n) is 6.68. The van der Waals surface area contributed by atoms with Crippen LogP contribution in [0.3, 0.4) is 0 Å². The summed E-state index contributed by atoms with van der Waals surface area (Å²) in [5.41, 5.74) is 0.592. The van der Waals surface area contributed by atoms with Crippen molar-refractivity contribution in [2.45, 2.75) is 11.9 Å². The lowest BCUT2D eigenvalue weighted by Gasteiger charge is -2.09. The minimum atomic E-state index is -0.614. The molecule has 0 bridgehead atoms. The van der Waals surface area contributed by atoms with Gasteiger partial charge < -0.3 is 15.0 Å². The summed E-state index contributed by atoms with van der Waals surface area (Å²) in [6, 6.07) is 8.98. The second-order valence-corrected chi connectivity index (χ2v) is 5.51. The van der Waals surface area contributed by atoms with Crippen LogP contribution in [0.15, 0.2) is 40.2 Å². The van der Waals surface area contributed by atoms with E-state index in [9.17, 15) is 14.4 Å². The molecule has 2 aromatic rings. The topological polar surface area (TPSA) is 101 Å². The van der Waals surface area contributed by atoms with E-state index in [1.165, 1.54) is 7.11 Å². The molecule has 0 unspecified atom stereocenters. The van der Waals surface area contributed by atoms with Gasteiger partial charge in [0.15, 0.2) is 0 Å². The number of hydrogen-bond donors (Lipinski definition) is 2. The lowest BCUT2D eigenvalue weighted by molar-refractivity contribution is -0.113. The Morgan fingerprint density at radius 3 is 2.65 bits per heavy atom. The van der Waals surface area contributed by atoms with E-state index >= 15 is 0 Å². The molecule has 1 aromatic heterocycles. The molecule has 0 saturated heterocycles. The summed E-state index contributed by atoms with van der Waals surface area (Å²) < 4.78 is 4.69. The predicted octanol–water partition coefficient (Wildman–Crippen LogP) is 1.60. The van der Waals surface area contributed by atoms with Crippen molar-refractivity contribution in [1.82, 2.24) is 9.97 Å². The number of methoxy groups -OCH3 is 1. The van der Waals surface area contributed by atoms with Gasteiger partial charge >= 0.3 is 11.7 Å². The standard InChI is InChI=1S/C15H15N3O4S/c1-9-12(14(20)22-2)13(18-15(21)16-9)23-8-11(19)17-10-6-4-3-5-7-10/h3-7H,8H2,1-2H3,(H,17,19)(H,16,18,21). The number of anilines is 1. The third-order valence-corrected chi connectivity index (χ3v) is 3.85. The van der Waals surface area contributed by atoms with Gasteiger partial charge in [0.25, 0.3) is 0 Å². The Balaban J connectivity index is 2.12. The van der Waals surface area contributed by atoms with E-state index in [1.807, 2.05) is 6.07 Å². The molecule has 0 atom stereocenters. The number of aromatic amines is 1. The fourth-order valence-electron chi connectivity index (χ4n) is 1.86. The number of thioether (sulfide) groups is 1. The van der Waals surface area contributed by atoms with Gasteiger partial charge in [-0.2, -0.15) is 4.98 Å². The van der Waals surface area contributed by atoms with Crippen LogP contribution >= 0.6 is 11.8 Å². The number of hydrogen-bond acceptors (Lipinski definition) is 6. The molecule has 0 spiro atoms. The molecule has 1 amide bonds. The lowest BCUT2D eigenvalue weighted by Crippen LogP contribution is -2.20. The number of amides is 1. The molecule has 2 rings (SSSR count). The zero-order valence-corrected chi connectivity index (χ0v) is 13.4. The van der Waals surface area contributed by atoms with Crippen molar-refractivity contribution in [2.24, 2.45) is 0 Å². The number of nitrogens with one attached hydrogen (secondary N) is 2. The second-order valence-electron chi connectivity index (χ2n) is 4.54. The fourth-order valence-corrected chi connectivity index (χ4v) is 2.73. The number of benzene rings is 1. The molecule has 7 nitrogen and oxygen atoms in total. The minimum absolute atomic E-state index is 0.00871. The van der Waals surface area contributed by atoms with Crippen molar-refractivity contribution in [3.8, 4) is 0 Å². The minimum Gasteiger partial charge on any atom is -0.465 e. The molecule has 23 heavy (non-hydrogen) atoms. The molecule has 0 aliphatic carbocycles. The van der Waals surface area contributed by atoms with Crippen LogP contribution in [0.2, 0.25) is 0 Å². The van der Waals surface area contributed by atoms with E-state index in [1.54, 1.807) is 31.2 Å². The van der Waals surface area contributed by atoms with Crippen molar-refractivity contribution in [3.05, 3.63) is 52.1 Å². The molecule has 120 valence electrons. The highest BCUT2D eigenvalue weighted by Crippen LogP contribution is 2.21. The maximum Gasteiger partial charge on any atom is 0.346 e. The Hall–Kier alpha value is -2.61. The Labute approximate surface area is 136 Å². The first-order chi connectivity index (χ1) is 11.0. The average molecular weight is 333 g/mol. The highest BCUT2D eigenvalue weighted by atomic mass is 32.2. The lowest BCUT2D eigenvalue weighted by atomic mass is 10.2. The molecule has 0 fully saturated rings. The number of aromatic nitrogens is 2. The van der Waals surface area contributed by atoms with Crippen LogP contribution < -0.4 is 11.0 Å². The summed E-state index contributed by atoms with van der Waals surface area (Å²) in [7, 11) is 1.24. The predicted molar refractivity (Wildman–Crippen MR) is 86.7 cm³/mol. The van der Waals surface area contributed by atoms with E-state index in [0.717, 1.165) is 11.8 Å². The van der Waals surface area contributed by atoms with Gasteiger partial charge in [0.1, 0.15) is 10.6 Å². The largest absolute Gasteiger partial charge is 0.465 e. The number of H-pyrrole nitrogens is 1. The monoisotopic (exact) mass is 333 g/mol. The number of aryl methyl sites for hydroxylation is 1. The van der Waals surface area contributed by atoms with Gasteiger partial charge in [-0.05, 0) is 19.1 Å². The second kappa shape index (κ2) is 7.59. The van der Waals surface area contributed by atoms with Crippen LogP contribution in [-0.4, -0.2) is 34.7 Å². The number of para-hydroxylation sites is 1. The van der Waals surface area contributed by atoms with Crippen molar-refractivity contribution in [1.29, 1.82) is 0 Å². The number of rotatable bonds is 5. The third-order valence-electron chi connectivity index (χ3n) is 2.87. The molecule has 0 aliphatic heterocycles. The maximum absolute atomic E-state index is 11.9. The van der Waals surface area contributed by atoms with Crippen LogP contribution in [0.5, 0.6) is 0 Å². The van der Waals surface area contributed by atoms with Gasteiger partial charge in [-0.25, -0.2) is 9.59 Å². The Bertz CT molecular complexity index is 774. The van der Waals surface area contributed by atoms with E-state index in [0.29, 0.717) is 11.4 Å². The highest BCUT2D eigenvalue weighted by Gasteiger charge is 2.19.